The van der Waals surface area contributed by atoms with Crippen LogP contribution in [-0.2, 0) is 81.5 Å². The Morgan fingerprint density at radius 1 is 0.585 bits per heavy atom. The van der Waals surface area contributed by atoms with E-state index in [4.69, 9.17) is 5.73 Å². The van der Waals surface area contributed by atoms with Crippen molar-refractivity contribution in [1.82, 2.24) is 73.6 Å². The number of nitrogens with one attached hydrogen (secondary N) is 12. The van der Waals surface area contributed by atoms with E-state index in [9.17, 15) is 107 Å². The lowest BCUT2D eigenvalue weighted by Gasteiger charge is -2.30. The highest BCUT2D eigenvalue weighted by Crippen LogP contribution is 2.21. The fraction of sp³-hybridized carbons (Fsp3) is 0.702. The number of carbonyl (C=O) groups is 17. The zero-order chi connectivity index (χ0) is 71.0. The lowest BCUT2D eigenvalue weighted by molar-refractivity contribution is -0.145. The predicted octanol–water partition coefficient (Wildman–Crippen LogP) is -8.59. The molecule has 0 aromatic carbocycles. The van der Waals surface area contributed by atoms with Crippen molar-refractivity contribution in [3.63, 3.8) is 0 Å². The second-order valence-corrected chi connectivity index (χ2v) is 24.2. The number of primary amides is 1. The van der Waals surface area contributed by atoms with Crippen LogP contribution in [0.15, 0.2) is 0 Å². The van der Waals surface area contributed by atoms with Gasteiger partial charge in [0.2, 0.25) is 88.6 Å². The van der Waals surface area contributed by atoms with E-state index in [-0.39, 0.29) is 51.1 Å². The first-order chi connectivity index (χ1) is 44.0. The normalized spacial score (nSPS) is 24.8. The molecule has 3 heterocycles. The van der Waals surface area contributed by atoms with Gasteiger partial charge < -0.3 is 105 Å². The summed E-state index contributed by atoms with van der Waals surface area (Å²) in [6.07, 6.45) is -3.31. The van der Waals surface area contributed by atoms with Crippen LogP contribution < -0.4 is 69.5 Å². The van der Waals surface area contributed by atoms with E-state index in [1.807, 2.05) is 0 Å². The molecule has 19 N–H and O–H groups in total. The number of carbonyl (C=O) groups excluding carboxylic acids is 15. The standard InChI is InChI=1S/C57H91N15O22/c1-25(2)19-33(57(93)94)66-51(87)37-11-9-18-72(37)56(92)36(24-75)68-46(82)29(8)60-47(83)31(14-16-42(79)80)64-49(85)32-20-40(77)69-44(27(5)6)54(90)70-43(26(3)4)53(89)59-21-41(78)62-35(23-74)55(91)71-17-10-12-38(71)52(88)67-34(22-73)50(86)61-28(7)45(81)63-30(48(84)65-32)13-15-39(58)76/h25-38,43-44,73-75H,9-24H2,1-8H3,(H2,58,76)(H,59,89)(H,60,83)(H,61,86)(H,62,78)(H,63,81)(H,64,85)(H,65,84)(H,66,87)(H,67,88)(H,68,82)(H,69,77)(H,70,90)(H,79,80)(H,93,94)/t28-,29-,30-,31-,32-,33-,34-,35-,36-,37-,38-,43-,44-/m0/s1. The maximum absolute atomic E-state index is 14.6. The van der Waals surface area contributed by atoms with Crippen LogP contribution in [0.2, 0.25) is 0 Å². The van der Waals surface area contributed by atoms with Gasteiger partial charge in [-0.2, -0.15) is 0 Å². The minimum atomic E-state index is -2.18. The maximum atomic E-state index is 14.6. The summed E-state index contributed by atoms with van der Waals surface area (Å²) >= 11 is 0. The zero-order valence-electron chi connectivity index (χ0n) is 53.7. The molecular weight excluding hydrogens is 1250 g/mol. The lowest BCUT2D eigenvalue weighted by atomic mass is 9.99. The number of carboxylic acids is 2. The highest BCUT2D eigenvalue weighted by Gasteiger charge is 2.43. The highest BCUT2D eigenvalue weighted by atomic mass is 16.4. The van der Waals surface area contributed by atoms with Gasteiger partial charge in [-0.3, -0.25) is 76.7 Å². The molecule has 3 aliphatic rings. The number of carboxylic acid groups (broad SMARTS) is 2. The van der Waals surface area contributed by atoms with Crippen LogP contribution >= 0.6 is 0 Å². The molecule has 13 atom stereocenters. The topological polar surface area (TPSA) is 568 Å². The van der Waals surface area contributed by atoms with E-state index >= 15 is 0 Å². The summed E-state index contributed by atoms with van der Waals surface area (Å²) in [5.74, 6) is -20.8. The first-order valence-corrected chi connectivity index (χ1v) is 30.8. The van der Waals surface area contributed by atoms with Crippen LogP contribution in [0.25, 0.3) is 0 Å². The minimum absolute atomic E-state index is 0.0185. The summed E-state index contributed by atoms with van der Waals surface area (Å²) in [6, 6.07) is -21.3. The first kappa shape index (κ1) is 79.1. The molecule has 0 radical (unpaired) electrons. The molecule has 0 spiro atoms. The Bertz CT molecular complexity index is 2820. The molecule has 0 unspecified atom stereocenters. The van der Waals surface area contributed by atoms with Crippen LogP contribution in [0.4, 0.5) is 0 Å². The van der Waals surface area contributed by atoms with E-state index < -0.39 is 249 Å². The SMILES string of the molecule is CC(C)C[C@H](NC(=O)[C@@H]1CCCN1C(=O)[C@H](CO)NC(=O)[C@H](C)NC(=O)[C@H](CCC(=O)O)NC(=O)[C@@H]1CC(=O)N[C@@H](C(C)C)C(=O)N[C@@H](C(C)C)C(=O)NCC(=O)N[C@@H](CO)C(=O)N2CCC[C@H]2C(=O)N[C@@H](CO)C(=O)N[C@@H](C)C(=O)N[C@@H](CCC(N)=O)C(=O)N1)C(=O)O. The molecule has 3 fully saturated rings. The molecule has 3 rings (SSSR count). The minimum Gasteiger partial charge on any atom is -0.481 e. The molecule has 3 saturated heterocycles. The van der Waals surface area contributed by atoms with Crippen molar-refractivity contribution >= 4 is 101 Å². The molecular formula is C57H91N15O22. The van der Waals surface area contributed by atoms with Crippen molar-refractivity contribution < 1.29 is 107 Å². The second-order valence-electron chi connectivity index (χ2n) is 24.2. The predicted molar refractivity (Wildman–Crippen MR) is 323 cm³/mol. The number of nitrogens with two attached hydrogens (primary N) is 1. The fourth-order valence-electron chi connectivity index (χ4n) is 10.3. The van der Waals surface area contributed by atoms with Crippen LogP contribution in [0.3, 0.4) is 0 Å². The Morgan fingerprint density at radius 2 is 1.18 bits per heavy atom. The zero-order valence-corrected chi connectivity index (χ0v) is 53.7. The van der Waals surface area contributed by atoms with Gasteiger partial charge in [0, 0.05) is 25.9 Å². The van der Waals surface area contributed by atoms with E-state index in [1.54, 1.807) is 13.8 Å². The summed E-state index contributed by atoms with van der Waals surface area (Å²) in [5, 5.41) is 77.7. The molecule has 3 aliphatic heterocycles. The third kappa shape index (κ3) is 24.1. The number of aliphatic carboxylic acids is 2. The van der Waals surface area contributed by atoms with Gasteiger partial charge in [0.25, 0.3) is 0 Å². The third-order valence-electron chi connectivity index (χ3n) is 15.5. The summed E-state index contributed by atoms with van der Waals surface area (Å²) in [6.45, 7) is 7.65. The van der Waals surface area contributed by atoms with E-state index in [2.05, 4.69) is 63.8 Å². The van der Waals surface area contributed by atoms with Crippen LogP contribution in [0.5, 0.6) is 0 Å². The number of fused-ring (bicyclic) bond motifs is 1. The van der Waals surface area contributed by atoms with Crippen molar-refractivity contribution in [2.75, 3.05) is 39.5 Å². The molecule has 37 heteroatoms. The number of amides is 15. The average Bonchev–Trinajstić information content (AvgIpc) is 1.62. The fourth-order valence-corrected chi connectivity index (χ4v) is 10.3. The molecule has 15 amide bonds. The van der Waals surface area contributed by atoms with Crippen LogP contribution in [0.1, 0.15) is 120 Å². The Morgan fingerprint density at radius 3 is 1.76 bits per heavy atom. The van der Waals surface area contributed by atoms with Gasteiger partial charge in [-0.05, 0) is 76.5 Å². The quantitative estimate of drug-likeness (QED) is 0.0452. The van der Waals surface area contributed by atoms with Crippen LogP contribution in [0, 0.1) is 17.8 Å². The Hall–Kier alpha value is -9.13. The number of rotatable bonds is 23. The Labute approximate surface area is 540 Å². The monoisotopic (exact) mass is 1340 g/mol. The number of likely N-dealkylation sites (tertiary alicyclic amines) is 1. The Balaban J connectivity index is 2.05. The number of aliphatic hydroxyl groups is 3. The van der Waals surface area contributed by atoms with Crippen LogP contribution in [-0.4, -0.2) is 254 Å². The van der Waals surface area contributed by atoms with Gasteiger partial charge in [-0.1, -0.05) is 41.5 Å². The van der Waals surface area contributed by atoms with Gasteiger partial charge in [0.05, 0.1) is 32.8 Å². The van der Waals surface area contributed by atoms with Crippen molar-refractivity contribution in [3.05, 3.63) is 0 Å². The largest absolute Gasteiger partial charge is 0.481 e. The summed E-state index contributed by atoms with van der Waals surface area (Å²) in [4.78, 5) is 231. The maximum Gasteiger partial charge on any atom is 0.326 e. The summed E-state index contributed by atoms with van der Waals surface area (Å²) in [5.41, 5.74) is 5.40. The summed E-state index contributed by atoms with van der Waals surface area (Å²) < 4.78 is 0. The van der Waals surface area contributed by atoms with Gasteiger partial charge in [-0.25, -0.2) is 4.79 Å². The smallest absolute Gasteiger partial charge is 0.326 e. The van der Waals surface area contributed by atoms with Crippen molar-refractivity contribution in [1.29, 1.82) is 0 Å². The number of aliphatic hydroxyl groups excluding tert-OH is 3. The Kier molecular flexibility index (Phi) is 31.6. The van der Waals surface area contributed by atoms with Gasteiger partial charge in [0.1, 0.15) is 78.5 Å². The van der Waals surface area contributed by atoms with E-state index in [1.165, 1.54) is 27.7 Å². The third-order valence-corrected chi connectivity index (χ3v) is 15.5. The van der Waals surface area contributed by atoms with Crippen molar-refractivity contribution in [2.45, 2.75) is 198 Å². The highest BCUT2D eigenvalue weighted by molar-refractivity contribution is 6.01. The second kappa shape index (κ2) is 37.5. The molecule has 0 aromatic rings. The van der Waals surface area contributed by atoms with Gasteiger partial charge >= 0.3 is 11.9 Å². The molecule has 526 valence electrons. The van der Waals surface area contributed by atoms with Gasteiger partial charge in [-0.15, -0.1) is 0 Å². The number of hydrogen-bond acceptors (Lipinski definition) is 20. The molecule has 94 heavy (non-hydrogen) atoms. The molecule has 0 saturated carbocycles. The summed E-state index contributed by atoms with van der Waals surface area (Å²) in [7, 11) is 0. The molecule has 37 nitrogen and oxygen atoms in total. The van der Waals surface area contributed by atoms with Crippen molar-refractivity contribution in [2.24, 2.45) is 23.5 Å². The lowest BCUT2D eigenvalue weighted by Crippen LogP contribution is -2.61. The molecule has 0 aromatic heterocycles. The van der Waals surface area contributed by atoms with E-state index in [0.29, 0.717) is 0 Å². The molecule has 0 aliphatic carbocycles. The number of hydrogen-bond donors (Lipinski definition) is 18. The average molecular weight is 1340 g/mol. The number of nitrogens with zero attached hydrogens (tertiary/aromatic N) is 2. The van der Waals surface area contributed by atoms with Crippen molar-refractivity contribution in [3.8, 4) is 0 Å². The van der Waals surface area contributed by atoms with E-state index in [0.717, 1.165) is 23.6 Å². The van der Waals surface area contributed by atoms with Gasteiger partial charge in [0.15, 0.2) is 0 Å². The first-order valence-electron chi connectivity index (χ1n) is 30.8. The molecule has 0 bridgehead atoms.